The molecule has 0 saturated heterocycles. The second-order valence-electron chi connectivity index (χ2n) is 5.91. The van der Waals surface area contributed by atoms with Crippen LogP contribution in [0.5, 0.6) is 0 Å². The molecule has 2 amide bonds. The molecule has 0 aliphatic heterocycles. The van der Waals surface area contributed by atoms with E-state index in [0.29, 0.717) is 12.8 Å². The average Bonchev–Trinajstić information content (AvgIpc) is 3.02. The molecule has 0 bridgehead atoms. The number of halogens is 3. The molecule has 0 atom stereocenters. The fourth-order valence-electron chi connectivity index (χ4n) is 1.81. The molecule has 8 heteroatoms. The van der Waals surface area contributed by atoms with E-state index in [0.717, 1.165) is 9.80 Å². The van der Waals surface area contributed by atoms with Gasteiger partial charge in [-0.1, -0.05) is 0 Å². The molecule has 1 aliphatic carbocycles. The Bertz CT molecular complexity index is 386. The summed E-state index contributed by atoms with van der Waals surface area (Å²) in [5.74, 6) is -1.25. The molecule has 1 saturated carbocycles. The first-order chi connectivity index (χ1) is 8.92. The first kappa shape index (κ1) is 16.6. The minimum Gasteiger partial charge on any atom is -0.480 e. The highest BCUT2D eigenvalue weighted by molar-refractivity contribution is 5.81. The van der Waals surface area contributed by atoms with Gasteiger partial charge >= 0.3 is 18.2 Å². The van der Waals surface area contributed by atoms with Crippen LogP contribution in [0.4, 0.5) is 18.0 Å². The van der Waals surface area contributed by atoms with Gasteiger partial charge in [0.2, 0.25) is 0 Å². The van der Waals surface area contributed by atoms with Crippen LogP contribution in [-0.4, -0.2) is 57.8 Å². The maximum atomic E-state index is 12.5. The van der Waals surface area contributed by atoms with Crippen molar-refractivity contribution in [1.82, 2.24) is 9.80 Å². The molecule has 0 unspecified atom stereocenters. The van der Waals surface area contributed by atoms with Gasteiger partial charge in [0.15, 0.2) is 0 Å². The zero-order valence-corrected chi connectivity index (χ0v) is 11.7. The van der Waals surface area contributed by atoms with Crippen LogP contribution in [0.2, 0.25) is 0 Å². The Labute approximate surface area is 115 Å². The van der Waals surface area contributed by atoms with Gasteiger partial charge in [0.25, 0.3) is 0 Å². The van der Waals surface area contributed by atoms with Gasteiger partial charge in [0, 0.05) is 11.6 Å². The van der Waals surface area contributed by atoms with E-state index in [9.17, 15) is 22.8 Å². The minimum atomic E-state index is -4.50. The van der Waals surface area contributed by atoms with E-state index in [1.807, 2.05) is 0 Å². The van der Waals surface area contributed by atoms with Crippen molar-refractivity contribution in [1.29, 1.82) is 0 Å². The lowest BCUT2D eigenvalue weighted by atomic mass is 10.1. The second-order valence-corrected chi connectivity index (χ2v) is 5.91. The smallest absolute Gasteiger partial charge is 0.406 e. The van der Waals surface area contributed by atoms with Crippen molar-refractivity contribution in [2.45, 2.75) is 51.4 Å². The number of alkyl halides is 3. The van der Waals surface area contributed by atoms with Crippen molar-refractivity contribution in [2.24, 2.45) is 0 Å². The van der Waals surface area contributed by atoms with Crippen molar-refractivity contribution in [2.75, 3.05) is 13.1 Å². The fraction of sp³-hybridized carbons (Fsp3) is 0.833. The number of carbonyl (C=O) groups is 2. The summed E-state index contributed by atoms with van der Waals surface area (Å²) in [5, 5.41) is 8.83. The Kier molecular flexibility index (Phi) is 4.55. The molecule has 0 aromatic heterocycles. The number of hydrogen-bond donors (Lipinski definition) is 1. The second kappa shape index (κ2) is 5.49. The topological polar surface area (TPSA) is 60.9 Å². The largest absolute Gasteiger partial charge is 0.480 e. The zero-order valence-electron chi connectivity index (χ0n) is 11.7. The van der Waals surface area contributed by atoms with Crippen LogP contribution in [0, 0.1) is 0 Å². The first-order valence-corrected chi connectivity index (χ1v) is 6.28. The number of rotatable bonds is 4. The number of urea groups is 1. The number of carboxylic acids is 1. The third-order valence-corrected chi connectivity index (χ3v) is 2.92. The molecule has 5 nitrogen and oxygen atoms in total. The Morgan fingerprint density at radius 3 is 2.00 bits per heavy atom. The van der Waals surface area contributed by atoms with E-state index >= 15 is 0 Å². The highest BCUT2D eigenvalue weighted by Gasteiger charge is 2.44. The number of nitrogens with zero attached hydrogens (tertiary/aromatic N) is 2. The van der Waals surface area contributed by atoms with E-state index in [2.05, 4.69) is 0 Å². The van der Waals surface area contributed by atoms with Crippen molar-refractivity contribution >= 4 is 12.0 Å². The third kappa shape index (κ3) is 4.90. The average molecular weight is 296 g/mol. The number of hydrogen-bond acceptors (Lipinski definition) is 2. The van der Waals surface area contributed by atoms with Crippen LogP contribution in [-0.2, 0) is 4.79 Å². The molecule has 1 aliphatic rings. The standard InChI is InChI=1S/C12H19F3N2O3/c1-11(2,3)17(6-9(18)19)10(20)16(8-4-5-8)7-12(13,14)15/h8H,4-7H2,1-3H3,(H,18,19). The van der Waals surface area contributed by atoms with E-state index in [4.69, 9.17) is 5.11 Å². The summed E-state index contributed by atoms with van der Waals surface area (Å²) < 4.78 is 37.6. The van der Waals surface area contributed by atoms with Gasteiger partial charge < -0.3 is 14.9 Å². The molecular weight excluding hydrogens is 277 g/mol. The minimum absolute atomic E-state index is 0.442. The maximum absolute atomic E-state index is 12.5. The molecule has 0 aromatic rings. The molecule has 1 rings (SSSR count). The third-order valence-electron chi connectivity index (χ3n) is 2.92. The monoisotopic (exact) mass is 296 g/mol. The van der Waals surface area contributed by atoms with Gasteiger partial charge in [0.1, 0.15) is 13.1 Å². The van der Waals surface area contributed by atoms with Gasteiger partial charge in [-0.3, -0.25) is 4.79 Å². The Hall–Kier alpha value is -1.47. The number of carbonyl (C=O) groups excluding carboxylic acids is 1. The van der Waals surface area contributed by atoms with Crippen LogP contribution >= 0.6 is 0 Å². The van der Waals surface area contributed by atoms with Gasteiger partial charge in [-0.25, -0.2) is 4.79 Å². The molecule has 0 aromatic carbocycles. The van der Waals surface area contributed by atoms with E-state index < -0.39 is 42.8 Å². The molecule has 1 fully saturated rings. The van der Waals surface area contributed by atoms with E-state index in [-0.39, 0.29) is 0 Å². The van der Waals surface area contributed by atoms with Crippen molar-refractivity contribution < 1.29 is 27.9 Å². The number of amides is 2. The van der Waals surface area contributed by atoms with Crippen LogP contribution in [0.25, 0.3) is 0 Å². The summed E-state index contributed by atoms with van der Waals surface area (Å²) in [5.41, 5.74) is -0.867. The molecule has 0 heterocycles. The molecule has 0 radical (unpaired) electrons. The predicted molar refractivity (Wildman–Crippen MR) is 65.3 cm³/mol. The maximum Gasteiger partial charge on any atom is 0.406 e. The summed E-state index contributed by atoms with van der Waals surface area (Å²) in [4.78, 5) is 24.8. The van der Waals surface area contributed by atoms with Gasteiger partial charge in [-0.05, 0) is 33.6 Å². The summed E-state index contributed by atoms with van der Waals surface area (Å²) in [6, 6.07) is -1.32. The molecule has 20 heavy (non-hydrogen) atoms. The van der Waals surface area contributed by atoms with Gasteiger partial charge in [-0.2, -0.15) is 13.2 Å². The quantitative estimate of drug-likeness (QED) is 0.866. The fourth-order valence-corrected chi connectivity index (χ4v) is 1.81. The number of carboxylic acid groups (broad SMARTS) is 1. The highest BCUT2D eigenvalue weighted by Crippen LogP contribution is 2.32. The van der Waals surface area contributed by atoms with Crippen LogP contribution < -0.4 is 0 Å². The SMILES string of the molecule is CC(C)(C)N(CC(=O)O)C(=O)N(CC(F)(F)F)C1CC1. The molecule has 0 spiro atoms. The molecule has 1 N–H and O–H groups in total. The summed E-state index contributed by atoms with van der Waals surface area (Å²) in [7, 11) is 0. The van der Waals surface area contributed by atoms with Crippen molar-refractivity contribution in [3.63, 3.8) is 0 Å². The lowest BCUT2D eigenvalue weighted by molar-refractivity contribution is -0.144. The Morgan fingerprint density at radius 1 is 1.20 bits per heavy atom. The predicted octanol–water partition coefficient (Wildman–Crippen LogP) is 2.32. The van der Waals surface area contributed by atoms with Crippen LogP contribution in [0.15, 0.2) is 0 Å². The van der Waals surface area contributed by atoms with Crippen molar-refractivity contribution in [3.8, 4) is 0 Å². The highest BCUT2D eigenvalue weighted by atomic mass is 19.4. The number of aliphatic carboxylic acids is 1. The van der Waals surface area contributed by atoms with Crippen LogP contribution in [0.3, 0.4) is 0 Å². The summed E-state index contributed by atoms with van der Waals surface area (Å²) in [6.07, 6.45) is -3.45. The van der Waals surface area contributed by atoms with Crippen molar-refractivity contribution in [3.05, 3.63) is 0 Å². The molecule has 116 valence electrons. The van der Waals surface area contributed by atoms with E-state index in [1.54, 1.807) is 20.8 Å². The lowest BCUT2D eigenvalue weighted by Gasteiger charge is -2.38. The Morgan fingerprint density at radius 2 is 1.70 bits per heavy atom. The Balaban J connectivity index is 2.92. The first-order valence-electron chi connectivity index (χ1n) is 6.28. The molecular formula is C12H19F3N2O3. The summed E-state index contributed by atoms with van der Waals surface area (Å²) >= 11 is 0. The normalized spacial score (nSPS) is 15.9. The van der Waals surface area contributed by atoms with Gasteiger partial charge in [0.05, 0.1) is 0 Å². The van der Waals surface area contributed by atoms with E-state index in [1.165, 1.54) is 0 Å². The summed E-state index contributed by atoms with van der Waals surface area (Å²) in [6.45, 7) is 2.80. The van der Waals surface area contributed by atoms with Gasteiger partial charge in [-0.15, -0.1) is 0 Å². The zero-order chi connectivity index (χ0) is 15.7. The van der Waals surface area contributed by atoms with Crippen LogP contribution in [0.1, 0.15) is 33.6 Å². The lowest BCUT2D eigenvalue weighted by Crippen LogP contribution is -2.55.